The van der Waals surface area contributed by atoms with Crippen LogP contribution in [0.3, 0.4) is 0 Å². The molecule has 2 aromatic carbocycles. The quantitative estimate of drug-likeness (QED) is 0.714. The number of anilines is 1. The first kappa shape index (κ1) is 19.9. The van der Waals surface area contributed by atoms with E-state index < -0.39 is 17.5 Å². The van der Waals surface area contributed by atoms with Gasteiger partial charge in [0.05, 0.1) is 6.54 Å². The van der Waals surface area contributed by atoms with Crippen molar-refractivity contribution in [3.8, 4) is 0 Å². The molecule has 1 aliphatic heterocycles. The molecule has 156 valence electrons. The van der Waals surface area contributed by atoms with Gasteiger partial charge in [-0.25, -0.2) is 4.79 Å². The van der Waals surface area contributed by atoms with Crippen LogP contribution in [0.1, 0.15) is 19.8 Å². The number of rotatable bonds is 6. The zero-order valence-corrected chi connectivity index (χ0v) is 17.0. The van der Waals surface area contributed by atoms with Gasteiger partial charge in [-0.15, -0.1) is 0 Å². The summed E-state index contributed by atoms with van der Waals surface area (Å²) in [7, 11) is 1.48. The molecular weight excluding hydrogens is 384 g/mol. The van der Waals surface area contributed by atoms with Crippen molar-refractivity contribution >= 4 is 40.2 Å². The minimum Gasteiger partial charge on any atom is -0.335 e. The predicted octanol–water partition coefficient (Wildman–Crippen LogP) is 1.96. The van der Waals surface area contributed by atoms with E-state index >= 15 is 0 Å². The summed E-state index contributed by atoms with van der Waals surface area (Å²) >= 11 is 0. The summed E-state index contributed by atoms with van der Waals surface area (Å²) in [4.78, 5) is 52.1. The number of likely N-dealkylation sites (N-methyl/N-ethyl adjacent to an activating group) is 1. The molecule has 1 atom stereocenters. The molecule has 0 aromatic heterocycles. The van der Waals surface area contributed by atoms with Crippen LogP contribution in [-0.4, -0.2) is 59.2 Å². The number of benzene rings is 2. The first-order chi connectivity index (χ1) is 14.3. The van der Waals surface area contributed by atoms with Gasteiger partial charge >= 0.3 is 6.03 Å². The highest BCUT2D eigenvalue weighted by atomic mass is 16.2. The van der Waals surface area contributed by atoms with Crippen molar-refractivity contribution in [3.05, 3.63) is 42.5 Å². The summed E-state index contributed by atoms with van der Waals surface area (Å²) < 4.78 is 0. The Morgan fingerprint density at radius 1 is 1.17 bits per heavy atom. The molecule has 2 fully saturated rings. The van der Waals surface area contributed by atoms with Gasteiger partial charge in [-0.1, -0.05) is 36.4 Å². The molecule has 1 unspecified atom stereocenters. The van der Waals surface area contributed by atoms with Gasteiger partial charge in [0.25, 0.3) is 5.91 Å². The van der Waals surface area contributed by atoms with Crippen molar-refractivity contribution in [1.82, 2.24) is 15.1 Å². The van der Waals surface area contributed by atoms with E-state index in [4.69, 9.17) is 0 Å². The van der Waals surface area contributed by atoms with Crippen LogP contribution in [0.25, 0.3) is 10.8 Å². The molecule has 0 radical (unpaired) electrons. The smallest absolute Gasteiger partial charge is 0.325 e. The fraction of sp³-hybridized carbons (Fsp3) is 0.364. The van der Waals surface area contributed by atoms with E-state index in [2.05, 4.69) is 10.6 Å². The van der Waals surface area contributed by atoms with E-state index in [9.17, 15) is 19.2 Å². The Kier molecular flexibility index (Phi) is 4.93. The highest BCUT2D eigenvalue weighted by molar-refractivity contribution is 6.09. The first-order valence-electron chi connectivity index (χ1n) is 9.95. The Hall–Kier alpha value is -3.42. The largest absolute Gasteiger partial charge is 0.335 e. The van der Waals surface area contributed by atoms with E-state index in [0.29, 0.717) is 5.69 Å². The maximum absolute atomic E-state index is 12.7. The molecule has 2 N–H and O–H groups in total. The fourth-order valence-electron chi connectivity index (χ4n) is 3.88. The maximum Gasteiger partial charge on any atom is 0.325 e. The van der Waals surface area contributed by atoms with Crippen LogP contribution in [0.5, 0.6) is 0 Å². The number of fused-ring (bicyclic) bond motifs is 1. The normalized spacial score (nSPS) is 20.9. The van der Waals surface area contributed by atoms with Crippen molar-refractivity contribution in [2.24, 2.45) is 5.92 Å². The van der Waals surface area contributed by atoms with Gasteiger partial charge in [-0.3, -0.25) is 19.3 Å². The van der Waals surface area contributed by atoms with E-state index in [1.165, 1.54) is 11.9 Å². The second kappa shape index (κ2) is 7.44. The predicted molar refractivity (Wildman–Crippen MR) is 112 cm³/mol. The molecule has 0 spiro atoms. The molecule has 1 aliphatic carbocycles. The minimum absolute atomic E-state index is 0.123. The number of imide groups is 1. The van der Waals surface area contributed by atoms with Crippen LogP contribution < -0.4 is 10.6 Å². The van der Waals surface area contributed by atoms with Crippen LogP contribution >= 0.6 is 0 Å². The third-order valence-electron chi connectivity index (χ3n) is 5.86. The second-order valence-electron chi connectivity index (χ2n) is 8.12. The molecule has 5 amide bonds. The topological polar surface area (TPSA) is 98.8 Å². The molecule has 2 aromatic rings. The summed E-state index contributed by atoms with van der Waals surface area (Å²) in [5, 5.41) is 7.44. The van der Waals surface area contributed by atoms with Crippen molar-refractivity contribution in [3.63, 3.8) is 0 Å². The lowest BCUT2D eigenvalue weighted by molar-refractivity contribution is -0.139. The maximum atomic E-state index is 12.7. The van der Waals surface area contributed by atoms with Gasteiger partial charge < -0.3 is 15.5 Å². The van der Waals surface area contributed by atoms with Crippen LogP contribution in [0.4, 0.5) is 10.5 Å². The second-order valence-corrected chi connectivity index (χ2v) is 8.12. The number of carbonyl (C=O) groups excluding carboxylic acids is 4. The Morgan fingerprint density at radius 3 is 2.60 bits per heavy atom. The van der Waals surface area contributed by atoms with Crippen molar-refractivity contribution in [2.45, 2.75) is 25.3 Å². The van der Waals surface area contributed by atoms with Crippen LogP contribution in [0, 0.1) is 5.92 Å². The lowest BCUT2D eigenvalue weighted by Crippen LogP contribution is -2.47. The van der Waals surface area contributed by atoms with E-state index in [1.54, 1.807) is 13.0 Å². The van der Waals surface area contributed by atoms with Crippen molar-refractivity contribution in [1.29, 1.82) is 0 Å². The zero-order chi connectivity index (χ0) is 21.5. The molecule has 1 heterocycles. The average Bonchev–Trinajstić information content (AvgIpc) is 3.54. The Morgan fingerprint density at radius 2 is 1.87 bits per heavy atom. The van der Waals surface area contributed by atoms with Crippen LogP contribution in [0.15, 0.2) is 42.5 Å². The average molecular weight is 408 g/mol. The van der Waals surface area contributed by atoms with Crippen molar-refractivity contribution < 1.29 is 19.2 Å². The number of nitrogens with zero attached hydrogens (tertiary/aromatic N) is 2. The molecule has 1 saturated carbocycles. The number of hydrogen-bond acceptors (Lipinski definition) is 4. The molecule has 2 aliphatic rings. The number of carbonyl (C=O) groups is 4. The van der Waals surface area contributed by atoms with Gasteiger partial charge in [0.2, 0.25) is 11.8 Å². The number of hydrogen-bond donors (Lipinski definition) is 2. The van der Waals surface area contributed by atoms with E-state index in [-0.39, 0.29) is 30.8 Å². The lowest BCUT2D eigenvalue weighted by atomic mass is 9.96. The monoisotopic (exact) mass is 408 g/mol. The molecule has 8 heteroatoms. The van der Waals surface area contributed by atoms with Crippen LogP contribution in [-0.2, 0) is 14.4 Å². The SMILES string of the molecule is CN(CC(=O)Nc1cccc2ccccc12)C(=O)CN1C(=O)NC(C)(C2CC2)C1=O. The molecular formula is C22H24N4O4. The standard InChI is InChI=1S/C22H24N4O4/c1-22(15-10-11-15)20(29)26(21(30)24-22)13-19(28)25(2)12-18(27)23-17-9-5-7-14-6-3-4-8-16(14)17/h3-9,15H,10-13H2,1-2H3,(H,23,27)(H,24,30). The summed E-state index contributed by atoms with van der Waals surface area (Å²) in [5.41, 5.74) is -0.268. The Balaban J connectivity index is 1.37. The first-order valence-corrected chi connectivity index (χ1v) is 9.95. The molecule has 0 bridgehead atoms. The minimum atomic E-state index is -0.929. The highest BCUT2D eigenvalue weighted by Gasteiger charge is 2.56. The molecule has 4 rings (SSSR count). The number of urea groups is 1. The highest BCUT2D eigenvalue weighted by Crippen LogP contribution is 2.42. The van der Waals surface area contributed by atoms with Gasteiger partial charge in [0, 0.05) is 18.1 Å². The summed E-state index contributed by atoms with van der Waals surface area (Å²) in [6.45, 7) is 1.13. The summed E-state index contributed by atoms with van der Waals surface area (Å²) in [6.07, 6.45) is 1.77. The number of amides is 5. The summed E-state index contributed by atoms with van der Waals surface area (Å²) in [6, 6.07) is 12.7. The zero-order valence-electron chi connectivity index (χ0n) is 17.0. The number of nitrogens with one attached hydrogen (secondary N) is 2. The third kappa shape index (κ3) is 3.60. The van der Waals surface area contributed by atoms with E-state index in [0.717, 1.165) is 28.5 Å². The molecule has 1 saturated heterocycles. The van der Waals surface area contributed by atoms with Gasteiger partial charge in [-0.05, 0) is 37.1 Å². The van der Waals surface area contributed by atoms with Crippen LogP contribution in [0.2, 0.25) is 0 Å². The third-order valence-corrected chi connectivity index (χ3v) is 5.86. The van der Waals surface area contributed by atoms with Gasteiger partial charge in [0.1, 0.15) is 12.1 Å². The Bertz CT molecular complexity index is 1040. The fourth-order valence-corrected chi connectivity index (χ4v) is 3.88. The van der Waals surface area contributed by atoms with Crippen molar-refractivity contribution in [2.75, 3.05) is 25.5 Å². The van der Waals surface area contributed by atoms with Gasteiger partial charge in [0.15, 0.2) is 0 Å². The Labute approximate surface area is 174 Å². The summed E-state index contributed by atoms with van der Waals surface area (Å²) in [5.74, 6) is -1.09. The lowest BCUT2D eigenvalue weighted by Gasteiger charge is -2.22. The van der Waals surface area contributed by atoms with E-state index in [1.807, 2.05) is 36.4 Å². The molecule has 8 nitrogen and oxygen atoms in total. The van der Waals surface area contributed by atoms with Gasteiger partial charge in [-0.2, -0.15) is 0 Å². The molecule has 30 heavy (non-hydrogen) atoms.